The highest BCUT2D eigenvalue weighted by Crippen LogP contribution is 2.34. The molecule has 0 aromatic heterocycles. The molecule has 5 heteroatoms. The number of benzene rings is 1. The Labute approximate surface area is 138 Å². The minimum Gasteiger partial charge on any atom is -0.396 e. The molecule has 1 heterocycles. The maximum absolute atomic E-state index is 12.2. The van der Waals surface area contributed by atoms with Crippen molar-refractivity contribution in [3.8, 4) is 0 Å². The molecule has 1 aromatic carbocycles. The van der Waals surface area contributed by atoms with Crippen molar-refractivity contribution in [3.05, 3.63) is 35.9 Å². The van der Waals surface area contributed by atoms with Gasteiger partial charge in [-0.2, -0.15) is 0 Å². The van der Waals surface area contributed by atoms with Gasteiger partial charge in [-0.05, 0) is 24.3 Å². The first-order valence-corrected chi connectivity index (χ1v) is 8.16. The molecule has 0 bridgehead atoms. The molecular weight excluding hydrogens is 292 g/mol. The molecule has 5 nitrogen and oxygen atoms in total. The molecule has 2 rings (SSSR count). The fourth-order valence-corrected chi connectivity index (χ4v) is 2.92. The summed E-state index contributed by atoms with van der Waals surface area (Å²) in [7, 11) is 0. The average molecular weight is 320 g/mol. The van der Waals surface area contributed by atoms with Crippen molar-refractivity contribution in [2.75, 3.05) is 26.4 Å². The van der Waals surface area contributed by atoms with Crippen molar-refractivity contribution in [1.82, 2.24) is 10.6 Å². The van der Waals surface area contributed by atoms with E-state index in [2.05, 4.69) is 10.6 Å². The second kappa shape index (κ2) is 7.32. The van der Waals surface area contributed by atoms with Gasteiger partial charge < -0.3 is 20.5 Å². The number of rotatable bonds is 6. The number of ether oxygens (including phenoxy) is 1. The first-order valence-electron chi connectivity index (χ1n) is 8.16. The summed E-state index contributed by atoms with van der Waals surface area (Å²) in [5, 5.41) is 15.7. The number of aliphatic hydroxyl groups is 1. The Morgan fingerprint density at radius 3 is 2.65 bits per heavy atom. The summed E-state index contributed by atoms with van der Waals surface area (Å²) in [6.07, 6.45) is 0.824. The predicted octanol–water partition coefficient (Wildman–Crippen LogP) is 2.27. The number of carbonyl (C=O) groups excluding carboxylic acids is 1. The molecule has 128 valence electrons. The maximum atomic E-state index is 12.2. The molecule has 1 aliphatic heterocycles. The van der Waals surface area contributed by atoms with Crippen molar-refractivity contribution >= 4 is 6.03 Å². The first-order chi connectivity index (χ1) is 10.9. The summed E-state index contributed by atoms with van der Waals surface area (Å²) in [5.41, 5.74) is 0.496. The van der Waals surface area contributed by atoms with E-state index in [9.17, 15) is 9.90 Å². The minimum absolute atomic E-state index is 0.0343. The predicted molar refractivity (Wildman–Crippen MR) is 90.4 cm³/mol. The second-order valence-corrected chi connectivity index (χ2v) is 7.31. The molecule has 2 atom stereocenters. The van der Waals surface area contributed by atoms with Gasteiger partial charge in [-0.15, -0.1) is 0 Å². The number of nitrogens with one attached hydrogen (secondary N) is 2. The van der Waals surface area contributed by atoms with Gasteiger partial charge in [0, 0.05) is 25.7 Å². The van der Waals surface area contributed by atoms with Gasteiger partial charge in [-0.25, -0.2) is 4.79 Å². The molecule has 2 unspecified atom stereocenters. The Kier molecular flexibility index (Phi) is 5.65. The summed E-state index contributed by atoms with van der Waals surface area (Å²) in [4.78, 5) is 12.2. The van der Waals surface area contributed by atoms with Gasteiger partial charge in [0.2, 0.25) is 0 Å². The van der Waals surface area contributed by atoms with Gasteiger partial charge in [0.15, 0.2) is 0 Å². The van der Waals surface area contributed by atoms with Crippen LogP contribution in [0.5, 0.6) is 0 Å². The molecule has 0 spiro atoms. The van der Waals surface area contributed by atoms with Crippen LogP contribution in [-0.4, -0.2) is 43.0 Å². The molecule has 1 fully saturated rings. The highest BCUT2D eigenvalue weighted by molar-refractivity contribution is 5.74. The molecule has 1 aromatic rings. The number of hydrogen-bond donors (Lipinski definition) is 3. The van der Waals surface area contributed by atoms with Crippen molar-refractivity contribution in [2.45, 2.75) is 38.6 Å². The standard InChI is InChI=1S/C18H28N2O3/c1-17(2,12-21)15(14-7-5-4-6-8-14)11-19-16(22)20-18(3)9-10-23-13-18/h4-8,15,21H,9-13H2,1-3H3,(H2,19,20,22). The zero-order valence-corrected chi connectivity index (χ0v) is 14.3. The summed E-state index contributed by atoms with van der Waals surface area (Å²) in [5.74, 6) is 0.0343. The third kappa shape index (κ3) is 4.69. The molecule has 2 amide bonds. The van der Waals surface area contributed by atoms with Gasteiger partial charge in [-0.3, -0.25) is 0 Å². The Morgan fingerprint density at radius 2 is 2.09 bits per heavy atom. The monoisotopic (exact) mass is 320 g/mol. The number of amides is 2. The summed E-state index contributed by atoms with van der Waals surface area (Å²) >= 11 is 0. The second-order valence-electron chi connectivity index (χ2n) is 7.31. The molecule has 23 heavy (non-hydrogen) atoms. The van der Waals surface area contributed by atoms with Gasteiger partial charge in [0.05, 0.1) is 12.1 Å². The van der Waals surface area contributed by atoms with Gasteiger partial charge >= 0.3 is 6.03 Å². The van der Waals surface area contributed by atoms with Crippen LogP contribution in [-0.2, 0) is 4.74 Å². The van der Waals surface area contributed by atoms with Crippen LogP contribution < -0.4 is 10.6 Å². The number of hydrogen-bond acceptors (Lipinski definition) is 3. The zero-order chi connectivity index (χ0) is 16.9. The van der Waals surface area contributed by atoms with E-state index in [1.54, 1.807) is 0 Å². The third-order valence-electron chi connectivity index (χ3n) is 4.65. The van der Waals surface area contributed by atoms with Crippen LogP contribution >= 0.6 is 0 Å². The molecule has 0 saturated carbocycles. The minimum atomic E-state index is -0.324. The Bertz CT molecular complexity index is 510. The molecular formula is C18H28N2O3. The molecule has 1 aliphatic rings. The van der Waals surface area contributed by atoms with E-state index < -0.39 is 0 Å². The fourth-order valence-electron chi connectivity index (χ4n) is 2.92. The maximum Gasteiger partial charge on any atom is 0.315 e. The molecule has 0 radical (unpaired) electrons. The summed E-state index contributed by atoms with van der Waals surface area (Å²) in [6.45, 7) is 7.77. The van der Waals surface area contributed by atoms with Crippen LogP contribution in [0.3, 0.4) is 0 Å². The topological polar surface area (TPSA) is 70.6 Å². The van der Waals surface area contributed by atoms with E-state index in [-0.39, 0.29) is 29.5 Å². The van der Waals surface area contributed by atoms with E-state index in [4.69, 9.17) is 4.74 Å². The number of urea groups is 1. The van der Waals surface area contributed by atoms with E-state index >= 15 is 0 Å². The zero-order valence-electron chi connectivity index (χ0n) is 14.3. The smallest absolute Gasteiger partial charge is 0.315 e. The normalized spacial score (nSPS) is 22.6. The Hall–Kier alpha value is -1.59. The Morgan fingerprint density at radius 1 is 1.39 bits per heavy atom. The van der Waals surface area contributed by atoms with Crippen molar-refractivity contribution in [2.24, 2.45) is 5.41 Å². The lowest BCUT2D eigenvalue weighted by Gasteiger charge is -2.34. The molecule has 0 aliphatic carbocycles. The van der Waals surface area contributed by atoms with Crippen LogP contribution in [0.25, 0.3) is 0 Å². The highest BCUT2D eigenvalue weighted by Gasteiger charge is 2.33. The van der Waals surface area contributed by atoms with E-state index in [0.717, 1.165) is 12.0 Å². The lowest BCUT2D eigenvalue weighted by atomic mass is 9.75. The van der Waals surface area contributed by atoms with E-state index in [0.29, 0.717) is 19.8 Å². The lowest BCUT2D eigenvalue weighted by Crippen LogP contribution is -2.51. The largest absolute Gasteiger partial charge is 0.396 e. The van der Waals surface area contributed by atoms with Crippen molar-refractivity contribution in [3.63, 3.8) is 0 Å². The SMILES string of the molecule is CC1(NC(=O)NCC(c2ccccc2)C(C)(C)CO)CCOC1. The quantitative estimate of drug-likeness (QED) is 0.753. The van der Waals surface area contributed by atoms with Crippen molar-refractivity contribution in [1.29, 1.82) is 0 Å². The van der Waals surface area contributed by atoms with Gasteiger partial charge in [0.25, 0.3) is 0 Å². The summed E-state index contributed by atoms with van der Waals surface area (Å²) in [6, 6.07) is 9.81. The van der Waals surface area contributed by atoms with Crippen LogP contribution in [0.15, 0.2) is 30.3 Å². The van der Waals surface area contributed by atoms with Crippen molar-refractivity contribution < 1.29 is 14.6 Å². The molecule has 1 saturated heterocycles. The van der Waals surface area contributed by atoms with Crippen LogP contribution in [0.2, 0.25) is 0 Å². The number of aliphatic hydroxyl groups excluding tert-OH is 1. The van der Waals surface area contributed by atoms with Gasteiger partial charge in [0.1, 0.15) is 0 Å². The highest BCUT2D eigenvalue weighted by atomic mass is 16.5. The number of carbonyl (C=O) groups is 1. The van der Waals surface area contributed by atoms with Crippen LogP contribution in [0.1, 0.15) is 38.7 Å². The van der Waals surface area contributed by atoms with E-state index in [1.807, 2.05) is 51.1 Å². The first kappa shape index (κ1) is 17.8. The fraction of sp³-hybridized carbons (Fsp3) is 0.611. The lowest BCUT2D eigenvalue weighted by molar-refractivity contribution is 0.129. The van der Waals surface area contributed by atoms with Crippen LogP contribution in [0.4, 0.5) is 4.79 Å². The van der Waals surface area contributed by atoms with Gasteiger partial charge in [-0.1, -0.05) is 44.2 Å². The van der Waals surface area contributed by atoms with E-state index in [1.165, 1.54) is 0 Å². The van der Waals surface area contributed by atoms with Crippen LogP contribution in [0, 0.1) is 5.41 Å². The molecule has 3 N–H and O–H groups in total. The summed E-state index contributed by atoms with van der Waals surface area (Å²) < 4.78 is 5.35. The Balaban J connectivity index is 2.00. The average Bonchev–Trinajstić information content (AvgIpc) is 2.94. The third-order valence-corrected chi connectivity index (χ3v) is 4.65.